The molecule has 322 valence electrons. The minimum atomic E-state index is -3.56. The first kappa shape index (κ1) is 42.8. The zero-order valence-electron chi connectivity index (χ0n) is 35.5. The van der Waals surface area contributed by atoms with Crippen molar-refractivity contribution in [1.82, 2.24) is 10.2 Å². The van der Waals surface area contributed by atoms with E-state index < -0.39 is 43.7 Å². The topological polar surface area (TPSA) is 132 Å². The number of anilines is 3. The predicted octanol–water partition coefficient (Wildman–Crippen LogP) is 6.69. The molecule has 4 aliphatic heterocycles. The summed E-state index contributed by atoms with van der Waals surface area (Å²) in [5, 5.41) is 23.1. The summed E-state index contributed by atoms with van der Waals surface area (Å²) in [6.07, 6.45) is 1.42. The number of hydrogen-bond donors (Lipinski definition) is 3. The number of amides is 3. The van der Waals surface area contributed by atoms with Gasteiger partial charge in [0.1, 0.15) is 5.75 Å². The molecule has 4 heterocycles. The van der Waals surface area contributed by atoms with E-state index in [0.29, 0.717) is 55.9 Å². The summed E-state index contributed by atoms with van der Waals surface area (Å²) < 4.78 is 29.4. The first-order valence-corrected chi connectivity index (χ1v) is 24.6. The molecule has 0 aromatic heterocycles. The Kier molecular flexibility index (Phi) is 12.2. The predicted molar refractivity (Wildman–Crippen MR) is 235 cm³/mol. The fourth-order valence-corrected chi connectivity index (χ4v) is 12.9. The van der Waals surface area contributed by atoms with Crippen molar-refractivity contribution in [1.29, 1.82) is 0 Å². The van der Waals surface area contributed by atoms with Gasteiger partial charge in [0, 0.05) is 35.9 Å². The van der Waals surface area contributed by atoms with Crippen molar-refractivity contribution in [3.63, 3.8) is 0 Å². The molecule has 1 saturated heterocycles. The summed E-state index contributed by atoms with van der Waals surface area (Å²) in [6.45, 7) is 8.57. The molecule has 13 heteroatoms. The monoisotopic (exact) mass is 848 g/mol. The molecule has 8 rings (SSSR count). The van der Waals surface area contributed by atoms with E-state index >= 15 is 8.90 Å². The van der Waals surface area contributed by atoms with Gasteiger partial charge in [0.15, 0.2) is 5.60 Å². The molecule has 11 nitrogen and oxygen atoms in total. The van der Waals surface area contributed by atoms with Gasteiger partial charge in [-0.05, 0) is 111 Å². The largest absolute Gasteiger partial charge is 0.494 e. The molecule has 3 N–H and O–H groups in total. The fourth-order valence-electron chi connectivity index (χ4n) is 10.4. The van der Waals surface area contributed by atoms with E-state index in [4.69, 9.17) is 9.47 Å². The maximum absolute atomic E-state index is 16.7. The maximum atomic E-state index is 16.7. The number of rotatable bonds is 14. The number of carbonyl (C=O) groups excluding carboxylic acids is 3. The molecule has 1 fully saturated rings. The molecule has 1 unspecified atom stereocenters. The average Bonchev–Trinajstić information content (AvgIpc) is 3.68. The zero-order valence-corrected chi connectivity index (χ0v) is 36.5. The summed E-state index contributed by atoms with van der Waals surface area (Å²) in [5.74, 6) is -0.491. The zero-order chi connectivity index (χ0) is 43.1. The highest BCUT2D eigenvalue weighted by molar-refractivity contribution is 6.72. The lowest BCUT2D eigenvalue weighted by molar-refractivity contribution is -0.151. The second-order valence-corrected chi connectivity index (χ2v) is 21.2. The third-order valence-electron chi connectivity index (χ3n) is 13.2. The Morgan fingerprint density at radius 2 is 1.70 bits per heavy atom. The minimum Gasteiger partial charge on any atom is -0.494 e. The van der Waals surface area contributed by atoms with E-state index in [2.05, 4.69) is 5.32 Å². The highest BCUT2D eigenvalue weighted by atomic mass is 28.4. The van der Waals surface area contributed by atoms with Crippen LogP contribution < -0.4 is 19.9 Å². The van der Waals surface area contributed by atoms with E-state index in [1.54, 1.807) is 27.8 Å². The van der Waals surface area contributed by atoms with Crippen LogP contribution in [-0.2, 0) is 50.7 Å². The number of nitrogens with zero attached hydrogens (tertiary/aromatic N) is 3. The molecular weight excluding hydrogens is 792 g/mol. The van der Waals surface area contributed by atoms with Crippen LogP contribution in [-0.4, -0.2) is 85.8 Å². The number of halogens is 1. The van der Waals surface area contributed by atoms with E-state index in [-0.39, 0.29) is 43.9 Å². The number of hydrogen-bond acceptors (Lipinski definition) is 8. The molecule has 4 aromatic rings. The van der Waals surface area contributed by atoms with Crippen LogP contribution in [0, 0.1) is 5.92 Å². The van der Waals surface area contributed by atoms with E-state index in [0.717, 1.165) is 40.1 Å². The number of benzene rings is 4. The second-order valence-electron chi connectivity index (χ2n) is 17.4. The average molecular weight is 849 g/mol. The van der Waals surface area contributed by atoms with Gasteiger partial charge < -0.3 is 38.9 Å². The number of ether oxygens (including phenoxy) is 2. The quantitative estimate of drug-likeness (QED) is 0.0727. The minimum absolute atomic E-state index is 0.0900. The van der Waals surface area contributed by atoms with Gasteiger partial charge in [0.05, 0.1) is 55.7 Å². The van der Waals surface area contributed by atoms with Crippen molar-refractivity contribution in [3.8, 4) is 5.75 Å². The molecule has 0 saturated carbocycles. The van der Waals surface area contributed by atoms with Gasteiger partial charge >= 0.3 is 0 Å². The summed E-state index contributed by atoms with van der Waals surface area (Å²) in [4.78, 5) is 48.8. The summed E-state index contributed by atoms with van der Waals surface area (Å²) in [6, 6.07) is 27.9. The van der Waals surface area contributed by atoms with Crippen molar-refractivity contribution in [2.24, 2.45) is 5.92 Å². The lowest BCUT2D eigenvalue weighted by Crippen LogP contribution is -2.49. The number of fused-ring (bicyclic) bond motifs is 4. The SMILES string of the molecule is CCOc1ccc2c(c1)CC(NCCCCO)C(=O)N2c1cccc(CN2C(=O)[C@@]3(O[C@@H](CC(=O)N4Cc5ccccc5C[C@H]4CO)[C@H]([Si](C)(C)F)[C@H]3C)c3ccccc32)c1. The van der Waals surface area contributed by atoms with Crippen molar-refractivity contribution in [2.75, 3.05) is 36.2 Å². The maximum Gasteiger partial charge on any atom is 0.264 e. The van der Waals surface area contributed by atoms with Gasteiger partial charge in [-0.25, -0.2) is 0 Å². The van der Waals surface area contributed by atoms with Crippen molar-refractivity contribution in [3.05, 3.63) is 119 Å². The summed E-state index contributed by atoms with van der Waals surface area (Å²) in [5.41, 5.74) is 4.42. The molecule has 61 heavy (non-hydrogen) atoms. The Morgan fingerprint density at radius 1 is 0.934 bits per heavy atom. The first-order valence-electron chi connectivity index (χ1n) is 21.7. The molecule has 0 bridgehead atoms. The molecular formula is C48H57FN4O7Si. The third-order valence-corrected chi connectivity index (χ3v) is 15.6. The molecule has 0 aliphatic carbocycles. The van der Waals surface area contributed by atoms with E-state index in [1.165, 1.54) is 0 Å². The number of unbranched alkanes of at least 4 members (excludes halogenated alkanes) is 1. The molecule has 6 atom stereocenters. The van der Waals surface area contributed by atoms with Crippen molar-refractivity contribution >= 4 is 43.2 Å². The second kappa shape index (κ2) is 17.4. The van der Waals surface area contributed by atoms with Crippen LogP contribution in [0.4, 0.5) is 21.2 Å². The fraction of sp³-hybridized carbons (Fsp3) is 0.438. The van der Waals surface area contributed by atoms with E-state index in [9.17, 15) is 19.8 Å². The van der Waals surface area contributed by atoms with Gasteiger partial charge in [-0.2, -0.15) is 0 Å². The number of nitrogens with one attached hydrogen (secondary N) is 1. The normalized spacial score (nSPS) is 24.6. The van der Waals surface area contributed by atoms with Crippen molar-refractivity contribution < 1.29 is 38.2 Å². The molecule has 0 radical (unpaired) electrons. The number of aliphatic hydroxyl groups is 2. The Morgan fingerprint density at radius 3 is 2.46 bits per heavy atom. The highest BCUT2D eigenvalue weighted by Crippen LogP contribution is 2.60. The molecule has 4 aromatic carbocycles. The van der Waals surface area contributed by atoms with Gasteiger partial charge in [-0.1, -0.05) is 61.5 Å². The van der Waals surface area contributed by atoms with Crippen LogP contribution in [0.15, 0.2) is 91.0 Å². The lowest BCUT2D eigenvalue weighted by Gasteiger charge is -2.37. The Labute approximate surface area is 358 Å². The molecule has 3 amide bonds. The first-order chi connectivity index (χ1) is 29.4. The standard InChI is InChI=1S/C48H57FN4O7Si/c1-5-59-38-19-20-41-35(25-38)26-40(50-21-10-11-22-54)46(57)53(41)36-16-12-13-32(23-36)28-52-42-18-9-8-17-39(42)48(47(52)58)31(2)45(61(3,4)49)43(60-48)27-44(56)51-29-34-15-7-6-14-33(34)24-37(51)30-55/h6-9,12-20,23,25,31,37,40,43,45,50,54-55H,5,10-11,21-22,24,26-30H2,1-4H3/t31-,37+,40?,43+,45-,48+/m1/s1. The number of para-hydroxylation sites is 1. The highest BCUT2D eigenvalue weighted by Gasteiger charge is 2.67. The van der Waals surface area contributed by atoms with Crippen LogP contribution in [0.25, 0.3) is 0 Å². The van der Waals surface area contributed by atoms with E-state index in [1.807, 2.05) is 105 Å². The number of aliphatic hydroxyl groups excluding tert-OH is 2. The molecule has 4 aliphatic rings. The third kappa shape index (κ3) is 7.91. The van der Waals surface area contributed by atoms with Crippen LogP contribution in [0.2, 0.25) is 18.6 Å². The Hall–Kier alpha value is -4.92. The summed E-state index contributed by atoms with van der Waals surface area (Å²) in [7, 11) is -3.56. The molecule has 1 spiro atoms. The van der Waals surface area contributed by atoms with Crippen LogP contribution in [0.5, 0.6) is 5.75 Å². The summed E-state index contributed by atoms with van der Waals surface area (Å²) >= 11 is 0. The van der Waals surface area contributed by atoms with Crippen LogP contribution in [0.3, 0.4) is 0 Å². The van der Waals surface area contributed by atoms with Crippen LogP contribution in [0.1, 0.15) is 60.9 Å². The smallest absolute Gasteiger partial charge is 0.264 e. The van der Waals surface area contributed by atoms with Crippen molar-refractivity contribution in [2.45, 2.75) is 101 Å². The van der Waals surface area contributed by atoms with Gasteiger partial charge in [0.25, 0.3) is 5.91 Å². The van der Waals surface area contributed by atoms with Crippen LogP contribution >= 0.6 is 0 Å². The van der Waals surface area contributed by atoms with Gasteiger partial charge in [0.2, 0.25) is 20.2 Å². The number of carbonyl (C=O) groups is 3. The lowest BCUT2D eigenvalue weighted by atomic mass is 9.82. The van der Waals surface area contributed by atoms with Gasteiger partial charge in [-0.3, -0.25) is 19.3 Å². The Bertz CT molecular complexity index is 2290. The Balaban J connectivity index is 1.09. The van der Waals surface area contributed by atoms with Gasteiger partial charge in [-0.15, -0.1) is 0 Å².